The molecule has 1 amide bonds. The van der Waals surface area contributed by atoms with Crippen LogP contribution in [0.3, 0.4) is 0 Å². The van der Waals surface area contributed by atoms with Gasteiger partial charge in [0.05, 0.1) is 17.8 Å². The topological polar surface area (TPSA) is 73.5 Å². The second-order valence-corrected chi connectivity index (χ2v) is 6.69. The molecule has 4 rings (SSSR count). The van der Waals surface area contributed by atoms with Crippen molar-refractivity contribution in [2.75, 3.05) is 12.5 Å². The highest BCUT2D eigenvalue weighted by Crippen LogP contribution is 2.33. The molecule has 0 bridgehead atoms. The van der Waals surface area contributed by atoms with Gasteiger partial charge in [-0.1, -0.05) is 12.1 Å². The lowest BCUT2D eigenvalue weighted by Gasteiger charge is -2.37. The molecule has 1 unspecified atom stereocenters. The third-order valence-corrected chi connectivity index (χ3v) is 4.73. The fraction of sp³-hybridized carbons (Fsp3) is 0.263. The van der Waals surface area contributed by atoms with E-state index < -0.39 is 6.36 Å². The SMILES string of the molecule is CN1Nc2ccc(C3C=CC(OC(F)(F)F)=CC3)cc2C(=O)N1Cc1ncc[nH]1. The molecule has 2 heterocycles. The van der Waals surface area contributed by atoms with Crippen molar-refractivity contribution < 1.29 is 22.7 Å². The number of ether oxygens (including phenoxy) is 1. The molecule has 2 aliphatic rings. The lowest BCUT2D eigenvalue weighted by atomic mass is 9.90. The van der Waals surface area contributed by atoms with Crippen LogP contribution in [-0.2, 0) is 11.3 Å². The van der Waals surface area contributed by atoms with Crippen molar-refractivity contribution in [2.24, 2.45) is 0 Å². The average molecular weight is 405 g/mol. The quantitative estimate of drug-likeness (QED) is 0.812. The molecule has 29 heavy (non-hydrogen) atoms. The predicted octanol–water partition coefficient (Wildman–Crippen LogP) is 3.70. The van der Waals surface area contributed by atoms with Crippen LogP contribution in [-0.4, -0.2) is 39.4 Å². The van der Waals surface area contributed by atoms with Crippen LogP contribution < -0.4 is 5.43 Å². The van der Waals surface area contributed by atoms with E-state index in [4.69, 9.17) is 0 Å². The standard InChI is InChI=1S/C19H18F3N5O2/c1-26-25-16-7-4-13(12-2-5-14(6-3-12)29-19(20,21)22)10-15(16)18(28)27(26)11-17-23-8-9-24-17/h2,4-10,12,25H,3,11H2,1H3,(H,23,24). The molecule has 1 aliphatic heterocycles. The Morgan fingerprint density at radius 1 is 1.34 bits per heavy atom. The molecule has 7 nitrogen and oxygen atoms in total. The summed E-state index contributed by atoms with van der Waals surface area (Å²) in [5.41, 5.74) is 5.12. The molecule has 1 aliphatic carbocycles. The summed E-state index contributed by atoms with van der Waals surface area (Å²) in [5.74, 6) is 0.0719. The number of aromatic nitrogens is 2. The summed E-state index contributed by atoms with van der Waals surface area (Å²) in [6.45, 7) is 0.267. The number of fused-ring (bicyclic) bond motifs is 1. The van der Waals surface area contributed by atoms with Crippen molar-refractivity contribution in [3.8, 4) is 0 Å². The van der Waals surface area contributed by atoms with Crippen LogP contribution in [0.15, 0.2) is 54.6 Å². The van der Waals surface area contributed by atoms with Crippen molar-refractivity contribution in [1.29, 1.82) is 0 Å². The third-order valence-electron chi connectivity index (χ3n) is 4.73. The Hall–Kier alpha value is -3.27. The molecule has 152 valence electrons. The third kappa shape index (κ3) is 4.11. The number of aromatic amines is 1. The van der Waals surface area contributed by atoms with Gasteiger partial charge in [0.2, 0.25) is 0 Å². The zero-order chi connectivity index (χ0) is 20.6. The van der Waals surface area contributed by atoms with Crippen molar-refractivity contribution in [3.63, 3.8) is 0 Å². The molecule has 1 atom stereocenters. The molecule has 0 radical (unpaired) electrons. The van der Waals surface area contributed by atoms with E-state index in [1.54, 1.807) is 42.8 Å². The van der Waals surface area contributed by atoms with Crippen LogP contribution in [0, 0.1) is 0 Å². The number of benzene rings is 1. The van der Waals surface area contributed by atoms with Gasteiger partial charge in [0.15, 0.2) is 0 Å². The van der Waals surface area contributed by atoms with Crippen LogP contribution in [0.5, 0.6) is 0 Å². The first kappa shape index (κ1) is 19.1. The molecule has 2 N–H and O–H groups in total. The first-order valence-corrected chi connectivity index (χ1v) is 8.88. The number of nitrogens with zero attached hydrogens (tertiary/aromatic N) is 3. The number of carbonyl (C=O) groups excluding carboxylic acids is 1. The van der Waals surface area contributed by atoms with Crippen LogP contribution in [0.2, 0.25) is 0 Å². The first-order valence-electron chi connectivity index (χ1n) is 8.88. The van der Waals surface area contributed by atoms with Crippen molar-refractivity contribution in [2.45, 2.75) is 25.2 Å². The maximum Gasteiger partial charge on any atom is 0.573 e. The second kappa shape index (κ2) is 7.28. The summed E-state index contributed by atoms with van der Waals surface area (Å²) >= 11 is 0. The van der Waals surface area contributed by atoms with E-state index in [1.807, 2.05) is 6.07 Å². The number of hydrogen-bond acceptors (Lipinski definition) is 5. The molecule has 0 saturated carbocycles. The fourth-order valence-electron chi connectivity index (χ4n) is 3.34. The van der Waals surface area contributed by atoms with Crippen molar-refractivity contribution in [3.05, 3.63) is 71.5 Å². The lowest BCUT2D eigenvalue weighted by Crippen LogP contribution is -2.50. The molecule has 0 spiro atoms. The maximum absolute atomic E-state index is 13.0. The molecule has 0 saturated heterocycles. The molecule has 2 aromatic rings. The summed E-state index contributed by atoms with van der Waals surface area (Å²) in [6.07, 6.45) is 3.28. The van der Waals surface area contributed by atoms with Gasteiger partial charge in [0, 0.05) is 25.4 Å². The smallest absolute Gasteiger partial charge is 0.406 e. The van der Waals surface area contributed by atoms with E-state index in [9.17, 15) is 18.0 Å². The minimum atomic E-state index is -4.71. The number of carbonyl (C=O) groups is 1. The largest absolute Gasteiger partial charge is 0.573 e. The van der Waals surface area contributed by atoms with Gasteiger partial charge in [-0.05, 0) is 36.3 Å². The number of rotatable bonds is 4. The highest BCUT2D eigenvalue weighted by Gasteiger charge is 2.33. The minimum absolute atomic E-state index is 0.146. The Balaban J connectivity index is 1.53. The monoisotopic (exact) mass is 405 g/mol. The Morgan fingerprint density at radius 2 is 2.17 bits per heavy atom. The van der Waals surface area contributed by atoms with Gasteiger partial charge in [-0.2, -0.15) is 0 Å². The number of hydrogen-bond donors (Lipinski definition) is 2. The van der Waals surface area contributed by atoms with E-state index in [1.165, 1.54) is 17.2 Å². The molecule has 0 fully saturated rings. The van der Waals surface area contributed by atoms with Gasteiger partial charge in [-0.15, -0.1) is 18.3 Å². The summed E-state index contributed by atoms with van der Waals surface area (Å²) in [6, 6.07) is 5.42. The number of allylic oxidation sites excluding steroid dienone is 3. The van der Waals surface area contributed by atoms with Gasteiger partial charge in [-0.25, -0.2) is 9.99 Å². The molecule has 10 heteroatoms. The Kier molecular flexibility index (Phi) is 4.79. The van der Waals surface area contributed by atoms with Crippen molar-refractivity contribution in [1.82, 2.24) is 20.1 Å². The maximum atomic E-state index is 13.0. The summed E-state index contributed by atoms with van der Waals surface area (Å²) in [4.78, 5) is 20.1. The van der Waals surface area contributed by atoms with Gasteiger partial charge >= 0.3 is 6.36 Å². The van der Waals surface area contributed by atoms with Crippen LogP contribution in [0.25, 0.3) is 0 Å². The van der Waals surface area contributed by atoms with E-state index in [2.05, 4.69) is 20.1 Å². The molecular weight excluding hydrogens is 387 g/mol. The van der Waals surface area contributed by atoms with E-state index >= 15 is 0 Å². The fourth-order valence-corrected chi connectivity index (χ4v) is 3.34. The Labute approximate surface area is 164 Å². The molecule has 1 aromatic heterocycles. The second-order valence-electron chi connectivity index (χ2n) is 6.69. The molecule has 1 aromatic carbocycles. The number of anilines is 1. The van der Waals surface area contributed by atoms with E-state index in [-0.39, 0.29) is 24.1 Å². The number of alkyl halides is 3. The van der Waals surface area contributed by atoms with Gasteiger partial charge in [0.25, 0.3) is 5.91 Å². The number of halogens is 3. The summed E-state index contributed by atoms with van der Waals surface area (Å²) < 4.78 is 41.0. The van der Waals surface area contributed by atoms with Crippen LogP contribution >= 0.6 is 0 Å². The average Bonchev–Trinajstić information content (AvgIpc) is 3.18. The predicted molar refractivity (Wildman–Crippen MR) is 98.0 cm³/mol. The van der Waals surface area contributed by atoms with E-state index in [0.717, 1.165) is 5.56 Å². The summed E-state index contributed by atoms with van der Waals surface area (Å²) in [5, 5.41) is 3.10. The number of nitrogens with one attached hydrogen (secondary N) is 2. The van der Waals surface area contributed by atoms with Gasteiger partial charge in [0.1, 0.15) is 11.6 Å². The highest BCUT2D eigenvalue weighted by molar-refractivity contribution is 6.00. The van der Waals surface area contributed by atoms with Crippen LogP contribution in [0.1, 0.15) is 34.1 Å². The van der Waals surface area contributed by atoms with Gasteiger partial charge in [-0.3, -0.25) is 4.79 Å². The minimum Gasteiger partial charge on any atom is -0.406 e. The Morgan fingerprint density at radius 3 is 2.83 bits per heavy atom. The summed E-state index contributed by atoms with van der Waals surface area (Å²) in [7, 11) is 1.73. The van der Waals surface area contributed by atoms with Crippen LogP contribution in [0.4, 0.5) is 18.9 Å². The highest BCUT2D eigenvalue weighted by atomic mass is 19.4. The van der Waals surface area contributed by atoms with E-state index in [0.29, 0.717) is 23.5 Å². The number of amides is 1. The normalized spacial score (nSPS) is 19.6. The number of imidazole rings is 1. The number of H-pyrrole nitrogens is 1. The zero-order valence-electron chi connectivity index (χ0n) is 15.4. The molecular formula is C19H18F3N5O2. The zero-order valence-corrected chi connectivity index (χ0v) is 15.4. The lowest BCUT2D eigenvalue weighted by molar-refractivity contribution is -0.303. The first-order chi connectivity index (χ1) is 13.8. The Bertz CT molecular complexity index is 969. The van der Waals surface area contributed by atoms with Gasteiger partial charge < -0.3 is 15.1 Å². The number of hydrazine groups is 2. The van der Waals surface area contributed by atoms with Crippen molar-refractivity contribution >= 4 is 11.6 Å².